The molecule has 0 bridgehead atoms. The normalized spacial score (nSPS) is 11.4. The van der Waals surface area contributed by atoms with Crippen molar-refractivity contribution in [1.29, 1.82) is 0 Å². The van der Waals surface area contributed by atoms with E-state index < -0.39 is 15.9 Å². The van der Waals surface area contributed by atoms with Crippen molar-refractivity contribution in [3.05, 3.63) is 59.7 Å². The first-order valence-electron chi connectivity index (χ1n) is 8.47. The van der Waals surface area contributed by atoms with Crippen molar-refractivity contribution in [3.63, 3.8) is 0 Å². The Kier molecular flexibility index (Phi) is 5.57. The Labute approximate surface area is 167 Å². The van der Waals surface area contributed by atoms with E-state index in [0.717, 1.165) is 4.31 Å². The Morgan fingerprint density at radius 1 is 0.931 bits per heavy atom. The molecule has 10 heteroatoms. The number of nitrogens with zero attached hydrogens (tertiary/aromatic N) is 3. The maximum Gasteiger partial charge on any atom is 0.322 e. The first kappa shape index (κ1) is 20.4. The third kappa shape index (κ3) is 4.39. The summed E-state index contributed by atoms with van der Waals surface area (Å²) < 4.78 is 30.8. The summed E-state index contributed by atoms with van der Waals surface area (Å²) in [7, 11) is -0.641. The van der Waals surface area contributed by atoms with Gasteiger partial charge in [-0.05, 0) is 43.3 Å². The van der Waals surface area contributed by atoms with Gasteiger partial charge in [-0.25, -0.2) is 12.7 Å². The van der Waals surface area contributed by atoms with E-state index in [1.165, 1.54) is 57.4 Å². The molecule has 2 aromatic carbocycles. The highest BCUT2D eigenvalue weighted by Gasteiger charge is 2.18. The Morgan fingerprint density at radius 2 is 1.52 bits per heavy atom. The average Bonchev–Trinajstić information content (AvgIpc) is 3.16. The zero-order valence-corrected chi connectivity index (χ0v) is 16.7. The Balaban J connectivity index is 1.73. The summed E-state index contributed by atoms with van der Waals surface area (Å²) in [6.07, 6.45) is 0. The van der Waals surface area contributed by atoms with Gasteiger partial charge in [-0.3, -0.25) is 14.9 Å². The number of carbonyl (C=O) groups is 2. The largest absolute Gasteiger partial charge is 0.403 e. The number of nitrogens with one attached hydrogen (secondary N) is 1. The maximum absolute atomic E-state index is 12.3. The molecule has 3 aromatic rings. The van der Waals surface area contributed by atoms with Crippen LogP contribution in [0.5, 0.6) is 0 Å². The van der Waals surface area contributed by atoms with Crippen LogP contribution in [0.15, 0.2) is 57.8 Å². The van der Waals surface area contributed by atoms with Crippen LogP contribution in [0.1, 0.15) is 27.6 Å². The number of hydrogen-bond donors (Lipinski definition) is 1. The van der Waals surface area contributed by atoms with Crippen LogP contribution >= 0.6 is 0 Å². The number of sulfonamides is 1. The second-order valence-corrected chi connectivity index (χ2v) is 8.46. The van der Waals surface area contributed by atoms with E-state index >= 15 is 0 Å². The predicted octanol–water partition coefficient (Wildman–Crippen LogP) is 2.44. The Bertz CT molecular complexity index is 1150. The molecule has 0 fully saturated rings. The summed E-state index contributed by atoms with van der Waals surface area (Å²) >= 11 is 0. The van der Waals surface area contributed by atoms with Gasteiger partial charge < -0.3 is 4.42 Å². The number of benzene rings is 2. The zero-order chi connectivity index (χ0) is 21.2. The van der Waals surface area contributed by atoms with Gasteiger partial charge in [0.25, 0.3) is 5.91 Å². The number of hydrogen-bond acceptors (Lipinski definition) is 7. The summed E-state index contributed by atoms with van der Waals surface area (Å²) in [5.74, 6) is -0.438. The van der Waals surface area contributed by atoms with Gasteiger partial charge in [-0.1, -0.05) is 17.2 Å². The third-order valence-corrected chi connectivity index (χ3v) is 5.91. The van der Waals surface area contributed by atoms with Gasteiger partial charge in [0.05, 0.1) is 4.90 Å². The molecule has 0 spiro atoms. The molecule has 0 unspecified atom stereocenters. The lowest BCUT2D eigenvalue weighted by atomic mass is 10.1. The third-order valence-electron chi connectivity index (χ3n) is 4.08. The predicted molar refractivity (Wildman–Crippen MR) is 105 cm³/mol. The second kappa shape index (κ2) is 7.94. The van der Waals surface area contributed by atoms with E-state index in [9.17, 15) is 18.0 Å². The number of rotatable bonds is 6. The van der Waals surface area contributed by atoms with Crippen molar-refractivity contribution in [2.45, 2.75) is 11.8 Å². The average molecular weight is 414 g/mol. The Hall–Kier alpha value is -3.37. The monoisotopic (exact) mass is 414 g/mol. The minimum atomic E-state index is -3.54. The van der Waals surface area contributed by atoms with Crippen molar-refractivity contribution in [2.75, 3.05) is 19.4 Å². The summed E-state index contributed by atoms with van der Waals surface area (Å²) in [6.45, 7) is 1.44. The van der Waals surface area contributed by atoms with Crippen LogP contribution in [-0.2, 0) is 10.0 Å². The van der Waals surface area contributed by atoms with Crippen molar-refractivity contribution in [3.8, 4) is 11.5 Å². The Morgan fingerprint density at radius 3 is 2.07 bits per heavy atom. The first-order chi connectivity index (χ1) is 13.7. The lowest BCUT2D eigenvalue weighted by Crippen LogP contribution is -2.22. The molecule has 0 aliphatic rings. The van der Waals surface area contributed by atoms with E-state index in [1.807, 2.05) is 0 Å². The van der Waals surface area contributed by atoms with E-state index in [2.05, 4.69) is 15.5 Å². The number of aromatic nitrogens is 2. The molecule has 1 N–H and O–H groups in total. The van der Waals surface area contributed by atoms with Crippen molar-refractivity contribution < 1.29 is 22.4 Å². The van der Waals surface area contributed by atoms with Gasteiger partial charge in [-0.2, -0.15) is 0 Å². The minimum absolute atomic E-state index is 0.0945. The molecule has 1 aromatic heterocycles. The summed E-state index contributed by atoms with van der Waals surface area (Å²) in [4.78, 5) is 23.7. The van der Waals surface area contributed by atoms with Crippen molar-refractivity contribution in [2.24, 2.45) is 0 Å². The van der Waals surface area contributed by atoms with E-state index in [0.29, 0.717) is 16.7 Å². The molecule has 0 saturated heterocycles. The fourth-order valence-electron chi connectivity index (χ4n) is 2.40. The highest BCUT2D eigenvalue weighted by molar-refractivity contribution is 7.89. The van der Waals surface area contributed by atoms with Gasteiger partial charge >= 0.3 is 6.01 Å². The van der Waals surface area contributed by atoms with Crippen LogP contribution in [0.25, 0.3) is 11.5 Å². The second-order valence-electron chi connectivity index (χ2n) is 6.31. The molecule has 1 heterocycles. The fraction of sp³-hybridized carbons (Fsp3) is 0.158. The van der Waals surface area contributed by atoms with Crippen molar-refractivity contribution >= 4 is 27.7 Å². The molecule has 150 valence electrons. The molecular weight excluding hydrogens is 396 g/mol. The lowest BCUT2D eigenvalue weighted by molar-refractivity contribution is 0.100. The summed E-state index contributed by atoms with van der Waals surface area (Å²) in [5.41, 5.74) is 1.33. The van der Waals surface area contributed by atoms with Gasteiger partial charge in [0.2, 0.25) is 15.9 Å². The quantitative estimate of drug-likeness (QED) is 0.615. The van der Waals surface area contributed by atoms with Crippen LogP contribution < -0.4 is 5.32 Å². The SMILES string of the molecule is CC(=O)c1ccc(C(=O)Nc2nnc(-c3ccc(S(=O)(=O)N(C)C)cc3)o2)cc1. The number of anilines is 1. The van der Waals surface area contributed by atoms with Gasteiger partial charge in [0, 0.05) is 30.8 Å². The zero-order valence-electron chi connectivity index (χ0n) is 15.9. The van der Waals surface area contributed by atoms with Gasteiger partial charge in [0.15, 0.2) is 5.78 Å². The van der Waals surface area contributed by atoms with Gasteiger partial charge in [0.1, 0.15) is 0 Å². The van der Waals surface area contributed by atoms with Crippen LogP contribution in [0.2, 0.25) is 0 Å². The number of amides is 1. The molecule has 29 heavy (non-hydrogen) atoms. The number of Topliss-reactive ketones (excluding diaryl/α,β-unsaturated/α-hetero) is 1. The standard InChI is InChI=1S/C19H18N4O5S/c1-12(24)13-4-6-14(7-5-13)17(25)20-19-22-21-18(28-19)15-8-10-16(11-9-15)29(26,27)23(2)3/h4-11H,1-3H3,(H,20,22,25). The lowest BCUT2D eigenvalue weighted by Gasteiger charge is -2.11. The minimum Gasteiger partial charge on any atom is -0.403 e. The number of ketones is 1. The molecule has 0 aliphatic carbocycles. The van der Waals surface area contributed by atoms with Crippen LogP contribution in [-0.4, -0.2) is 48.7 Å². The van der Waals surface area contributed by atoms with E-state index in [-0.39, 0.29) is 22.6 Å². The van der Waals surface area contributed by atoms with E-state index in [1.54, 1.807) is 12.1 Å². The molecule has 0 aliphatic heterocycles. The molecule has 0 radical (unpaired) electrons. The molecular formula is C19H18N4O5S. The van der Waals surface area contributed by atoms with E-state index in [4.69, 9.17) is 4.42 Å². The smallest absolute Gasteiger partial charge is 0.322 e. The molecule has 0 saturated carbocycles. The molecule has 9 nitrogen and oxygen atoms in total. The highest BCUT2D eigenvalue weighted by atomic mass is 32.2. The summed E-state index contributed by atoms with van der Waals surface area (Å²) in [6, 6.07) is 12.0. The highest BCUT2D eigenvalue weighted by Crippen LogP contribution is 2.23. The summed E-state index contributed by atoms with van der Waals surface area (Å²) in [5, 5.41) is 10.1. The molecule has 1 amide bonds. The fourth-order valence-corrected chi connectivity index (χ4v) is 3.30. The van der Waals surface area contributed by atoms with Crippen molar-refractivity contribution in [1.82, 2.24) is 14.5 Å². The van der Waals surface area contributed by atoms with Gasteiger partial charge in [-0.15, -0.1) is 5.10 Å². The first-order valence-corrected chi connectivity index (χ1v) is 9.91. The maximum atomic E-state index is 12.3. The topological polar surface area (TPSA) is 122 Å². The van der Waals surface area contributed by atoms with Crippen LogP contribution in [0.3, 0.4) is 0 Å². The molecule has 3 rings (SSSR count). The van der Waals surface area contributed by atoms with Crippen LogP contribution in [0, 0.1) is 0 Å². The molecule has 0 atom stereocenters. The number of carbonyl (C=O) groups excluding carboxylic acids is 2. The van der Waals surface area contributed by atoms with Crippen LogP contribution in [0.4, 0.5) is 6.01 Å².